The van der Waals surface area contributed by atoms with Crippen LogP contribution in [-0.4, -0.2) is 26.4 Å². The molecule has 2 aromatic rings. The Kier molecular flexibility index (Phi) is 5.27. The largest absolute Gasteiger partial charge is 0.485 e. The van der Waals surface area contributed by atoms with Gasteiger partial charge in [-0.15, -0.1) is 22.7 Å². The molecule has 0 radical (unpaired) electrons. The molecule has 0 fully saturated rings. The first-order valence-corrected chi connectivity index (χ1v) is 11.6. The van der Waals surface area contributed by atoms with Crippen molar-refractivity contribution in [2.45, 2.75) is 13.8 Å². The van der Waals surface area contributed by atoms with Crippen molar-refractivity contribution < 1.29 is 18.9 Å². The molecular formula is C24H22O4S2. The molecule has 0 amide bonds. The summed E-state index contributed by atoms with van der Waals surface area (Å²) < 4.78 is 23.3. The van der Waals surface area contributed by atoms with Crippen molar-refractivity contribution in [3.63, 3.8) is 0 Å². The van der Waals surface area contributed by atoms with Gasteiger partial charge in [0.25, 0.3) is 0 Å². The number of allylic oxidation sites excluding steroid dienone is 9. The summed E-state index contributed by atoms with van der Waals surface area (Å²) in [6.07, 6.45) is 16.8. The van der Waals surface area contributed by atoms with Crippen LogP contribution < -0.4 is 18.9 Å². The number of fused-ring (bicyclic) bond motifs is 2. The second kappa shape index (κ2) is 8.20. The number of hydrogen-bond donors (Lipinski definition) is 0. The van der Waals surface area contributed by atoms with Crippen molar-refractivity contribution in [3.8, 4) is 23.0 Å². The molecule has 1 aliphatic carbocycles. The van der Waals surface area contributed by atoms with Crippen LogP contribution in [0.5, 0.6) is 23.0 Å². The molecule has 4 heterocycles. The summed E-state index contributed by atoms with van der Waals surface area (Å²) in [5.74, 6) is 3.52. The summed E-state index contributed by atoms with van der Waals surface area (Å²) in [5, 5.41) is 0. The van der Waals surface area contributed by atoms with Gasteiger partial charge in [0, 0.05) is 9.75 Å². The first-order chi connectivity index (χ1) is 14.7. The molecule has 0 saturated carbocycles. The second-order valence-corrected chi connectivity index (χ2v) is 9.54. The van der Waals surface area contributed by atoms with Crippen LogP contribution in [0.15, 0.2) is 48.1 Å². The van der Waals surface area contributed by atoms with Gasteiger partial charge in [-0.2, -0.15) is 0 Å². The molecule has 2 aromatic heterocycles. The number of hydrogen-bond acceptors (Lipinski definition) is 6. The van der Waals surface area contributed by atoms with Gasteiger partial charge in [-0.1, -0.05) is 42.5 Å². The van der Waals surface area contributed by atoms with Gasteiger partial charge in [0.1, 0.15) is 26.4 Å². The van der Waals surface area contributed by atoms with E-state index in [2.05, 4.69) is 62.5 Å². The molecule has 0 saturated heterocycles. The van der Waals surface area contributed by atoms with Gasteiger partial charge in [-0.05, 0) is 31.1 Å². The lowest BCUT2D eigenvalue weighted by Gasteiger charge is -2.17. The highest BCUT2D eigenvalue weighted by atomic mass is 32.1. The maximum absolute atomic E-state index is 5.90. The van der Waals surface area contributed by atoms with Crippen LogP contribution in [-0.2, 0) is 0 Å². The summed E-state index contributed by atoms with van der Waals surface area (Å²) in [6.45, 7) is 6.57. The molecule has 0 atom stereocenters. The zero-order valence-corrected chi connectivity index (χ0v) is 18.5. The number of thiophene rings is 2. The van der Waals surface area contributed by atoms with Crippen LogP contribution in [0.3, 0.4) is 0 Å². The van der Waals surface area contributed by atoms with Crippen LogP contribution in [0.4, 0.5) is 0 Å². The van der Waals surface area contributed by atoms with Gasteiger partial charge in [0.2, 0.25) is 0 Å². The van der Waals surface area contributed by atoms with E-state index in [1.165, 1.54) is 0 Å². The molecule has 4 nitrogen and oxygen atoms in total. The lowest BCUT2D eigenvalue weighted by Crippen LogP contribution is -2.15. The van der Waals surface area contributed by atoms with Crippen molar-refractivity contribution in [1.29, 1.82) is 0 Å². The third kappa shape index (κ3) is 3.61. The Balaban J connectivity index is 1.37. The Morgan fingerprint density at radius 1 is 0.700 bits per heavy atom. The SMILES string of the molecule is Cc1sc(/C=C/C2=C/C=C\C(c3sc(C)c4c3OCCO4)=C\C=C\2)c2c1OCCO2. The third-order valence-corrected chi connectivity index (χ3v) is 7.12. The van der Waals surface area contributed by atoms with E-state index >= 15 is 0 Å². The Morgan fingerprint density at radius 3 is 2.13 bits per heavy atom. The maximum atomic E-state index is 5.90. The molecule has 0 bridgehead atoms. The number of ether oxygens (including phenoxy) is 4. The first-order valence-electron chi connectivity index (χ1n) is 9.94. The average molecular weight is 439 g/mol. The standard InChI is InChI=1S/C24H22O4S2/c1-15-20-22(27-13-11-25-20)19(29-15)10-9-17-5-3-7-18(8-4-6-17)24-23-21(16(2)30-24)26-12-14-28-23/h3-10H,11-14H2,1-2H3/b5-3+,6-4?,7-3?,8-4-,10-9+,17-5?,17-6+,18-7-,18-8?. The number of aryl methyl sites for hydroxylation is 2. The van der Waals surface area contributed by atoms with Crippen molar-refractivity contribution >= 4 is 34.3 Å². The molecule has 5 rings (SSSR count). The fourth-order valence-electron chi connectivity index (χ4n) is 3.59. The number of rotatable bonds is 3. The van der Waals surface area contributed by atoms with Gasteiger partial charge in [0.15, 0.2) is 23.0 Å². The van der Waals surface area contributed by atoms with Gasteiger partial charge < -0.3 is 18.9 Å². The topological polar surface area (TPSA) is 36.9 Å². The Labute approximate surface area is 184 Å². The predicted octanol–water partition coefficient (Wildman–Crippen LogP) is 6.12. The Hall–Kier alpha value is -2.70. The maximum Gasteiger partial charge on any atom is 0.180 e. The lowest BCUT2D eigenvalue weighted by molar-refractivity contribution is 0.172. The smallest absolute Gasteiger partial charge is 0.180 e. The third-order valence-electron chi connectivity index (χ3n) is 4.97. The predicted molar refractivity (Wildman–Crippen MR) is 123 cm³/mol. The van der Waals surface area contributed by atoms with E-state index in [0.29, 0.717) is 26.4 Å². The highest BCUT2D eigenvalue weighted by molar-refractivity contribution is 7.14. The van der Waals surface area contributed by atoms with E-state index in [4.69, 9.17) is 18.9 Å². The average Bonchev–Trinajstić information content (AvgIpc) is 3.25. The van der Waals surface area contributed by atoms with E-state index in [9.17, 15) is 0 Å². The lowest BCUT2D eigenvalue weighted by atomic mass is 10.1. The molecule has 0 aromatic carbocycles. The second-order valence-electron chi connectivity index (χ2n) is 7.06. The van der Waals surface area contributed by atoms with Gasteiger partial charge in [-0.25, -0.2) is 0 Å². The van der Waals surface area contributed by atoms with E-state index in [-0.39, 0.29) is 0 Å². The van der Waals surface area contributed by atoms with E-state index < -0.39 is 0 Å². The first kappa shape index (κ1) is 19.3. The Bertz CT molecular complexity index is 1120. The fourth-order valence-corrected chi connectivity index (χ4v) is 5.59. The fraction of sp³-hybridized carbons (Fsp3) is 0.250. The van der Waals surface area contributed by atoms with Crippen LogP contribution in [0, 0.1) is 13.8 Å². The summed E-state index contributed by atoms with van der Waals surface area (Å²) in [6, 6.07) is 0. The highest BCUT2D eigenvalue weighted by Crippen LogP contribution is 2.47. The minimum absolute atomic E-state index is 0.596. The van der Waals surface area contributed by atoms with Crippen molar-refractivity contribution in [2.75, 3.05) is 26.4 Å². The van der Waals surface area contributed by atoms with Crippen LogP contribution in [0.25, 0.3) is 11.6 Å². The van der Waals surface area contributed by atoms with Gasteiger partial charge >= 0.3 is 0 Å². The highest BCUT2D eigenvalue weighted by Gasteiger charge is 2.23. The van der Waals surface area contributed by atoms with Crippen molar-refractivity contribution in [2.24, 2.45) is 0 Å². The molecule has 2 aliphatic heterocycles. The Morgan fingerprint density at radius 2 is 1.33 bits per heavy atom. The minimum atomic E-state index is 0.596. The van der Waals surface area contributed by atoms with E-state index in [1.54, 1.807) is 22.7 Å². The molecule has 3 aliphatic rings. The zero-order chi connectivity index (χ0) is 20.5. The molecule has 0 spiro atoms. The molecular weight excluding hydrogens is 416 g/mol. The van der Waals surface area contributed by atoms with Crippen molar-refractivity contribution in [1.82, 2.24) is 0 Å². The van der Waals surface area contributed by atoms with E-state index in [0.717, 1.165) is 53.7 Å². The minimum Gasteiger partial charge on any atom is -0.485 e. The van der Waals surface area contributed by atoms with Crippen LogP contribution in [0.1, 0.15) is 19.5 Å². The van der Waals surface area contributed by atoms with E-state index in [1.807, 2.05) is 0 Å². The summed E-state index contributed by atoms with van der Waals surface area (Å²) >= 11 is 3.41. The van der Waals surface area contributed by atoms with Gasteiger partial charge in [-0.3, -0.25) is 0 Å². The monoisotopic (exact) mass is 438 g/mol. The molecule has 0 N–H and O–H groups in total. The van der Waals surface area contributed by atoms with Crippen LogP contribution in [0.2, 0.25) is 0 Å². The van der Waals surface area contributed by atoms with Gasteiger partial charge in [0.05, 0.1) is 9.75 Å². The van der Waals surface area contributed by atoms with Crippen molar-refractivity contribution in [3.05, 3.63) is 67.6 Å². The molecule has 6 heteroatoms. The normalized spacial score (nSPS) is 23.1. The zero-order valence-electron chi connectivity index (χ0n) is 16.9. The molecule has 154 valence electrons. The summed E-state index contributed by atoms with van der Waals surface area (Å²) in [4.78, 5) is 4.52. The summed E-state index contributed by atoms with van der Waals surface area (Å²) in [5.41, 5.74) is 2.24. The quantitative estimate of drug-likeness (QED) is 0.579. The molecule has 30 heavy (non-hydrogen) atoms. The summed E-state index contributed by atoms with van der Waals surface area (Å²) in [7, 11) is 0. The molecule has 0 unspecified atom stereocenters. The van der Waals surface area contributed by atoms with Crippen LogP contribution >= 0.6 is 22.7 Å².